The molecule has 0 saturated heterocycles. The van der Waals surface area contributed by atoms with Crippen molar-refractivity contribution in [3.05, 3.63) is 129 Å². The normalized spacial score (nSPS) is 11.7. The molecule has 0 radical (unpaired) electrons. The molecule has 16 nitrogen and oxygen atoms in total. The van der Waals surface area contributed by atoms with Gasteiger partial charge in [-0.15, -0.1) is 0 Å². The molecule has 0 spiro atoms. The molecule has 54 heavy (non-hydrogen) atoms. The van der Waals surface area contributed by atoms with Crippen LogP contribution in [-0.2, 0) is 9.59 Å². The molecule has 1 aromatic carbocycles. The maximum Gasteiger partial charge on any atom is 0.271 e. The Hall–Kier alpha value is -6.92. The van der Waals surface area contributed by atoms with Crippen molar-refractivity contribution < 1.29 is 19.2 Å². The number of hydrazone groups is 2. The molecule has 0 aliphatic rings. The van der Waals surface area contributed by atoms with E-state index in [-0.39, 0.29) is 11.8 Å². The summed E-state index contributed by atoms with van der Waals surface area (Å²) in [5.74, 6) is -1.37. The van der Waals surface area contributed by atoms with Gasteiger partial charge in [-0.2, -0.15) is 10.2 Å². The fourth-order valence-electron chi connectivity index (χ4n) is 4.41. The lowest BCUT2D eigenvalue weighted by Gasteiger charge is -2.04. The van der Waals surface area contributed by atoms with E-state index in [1.54, 1.807) is 50.3 Å². The number of pyridine rings is 2. The number of nitrogens with one attached hydrogen (secondary N) is 6. The van der Waals surface area contributed by atoms with Crippen LogP contribution in [0.1, 0.15) is 66.8 Å². The van der Waals surface area contributed by atoms with Crippen LogP contribution in [0.15, 0.2) is 95.7 Å². The highest BCUT2D eigenvalue weighted by molar-refractivity contribution is 7.18. The standard InChI is InChI=1S/C36H34N12O4S2/c1-21-31(53-35(39-21)47-41-23(3)49)29(43-45-33(51)27-13-17-37-18-14-27)11-9-25-5-7-26(8-6-25)10-12-30(44-46-34(52)28-15-19-38-20-16-28)32-22(2)40-36(54-32)48-42-24(4)50/h5-20H,1-4H3,(H,39,47)(H,40,48)(H,41,49)(H,42,50)(H,45,51)(H,46,52). The molecule has 274 valence electrons. The number of benzene rings is 1. The third-order valence-corrected chi connectivity index (χ3v) is 9.18. The molecule has 0 unspecified atom stereocenters. The lowest BCUT2D eigenvalue weighted by atomic mass is 10.1. The van der Waals surface area contributed by atoms with Gasteiger partial charge < -0.3 is 0 Å². The van der Waals surface area contributed by atoms with Gasteiger partial charge in [0.2, 0.25) is 22.1 Å². The van der Waals surface area contributed by atoms with Crippen LogP contribution in [0.4, 0.5) is 10.3 Å². The zero-order chi connectivity index (χ0) is 38.5. The van der Waals surface area contributed by atoms with Crippen molar-refractivity contribution in [3.63, 3.8) is 0 Å². The molecular formula is C36H34N12O4S2. The highest BCUT2D eigenvalue weighted by atomic mass is 32.1. The van der Waals surface area contributed by atoms with Gasteiger partial charge in [0.25, 0.3) is 11.8 Å². The third kappa shape index (κ3) is 11.0. The predicted octanol–water partition coefficient (Wildman–Crippen LogP) is 4.63. The number of carbonyl (C=O) groups is 4. The summed E-state index contributed by atoms with van der Waals surface area (Å²) in [6.07, 6.45) is 13.3. The Balaban J connectivity index is 1.38. The summed E-state index contributed by atoms with van der Waals surface area (Å²) in [6.45, 7) is 6.36. The number of rotatable bonds is 14. The number of thiazole rings is 2. The Morgan fingerprint density at radius 1 is 0.593 bits per heavy atom. The number of anilines is 2. The van der Waals surface area contributed by atoms with Crippen LogP contribution in [0, 0.1) is 13.8 Å². The number of nitrogens with zero attached hydrogens (tertiary/aromatic N) is 6. The summed E-state index contributed by atoms with van der Waals surface area (Å²) in [7, 11) is 0. The molecule has 0 fully saturated rings. The zero-order valence-electron chi connectivity index (χ0n) is 29.4. The van der Waals surface area contributed by atoms with Gasteiger partial charge in [0.1, 0.15) is 11.4 Å². The lowest BCUT2D eigenvalue weighted by molar-refractivity contribution is -0.119. The van der Waals surface area contributed by atoms with Crippen molar-refractivity contribution in [1.29, 1.82) is 0 Å². The van der Waals surface area contributed by atoms with Crippen LogP contribution < -0.4 is 32.6 Å². The molecule has 18 heteroatoms. The molecular weight excluding hydrogens is 729 g/mol. The van der Waals surface area contributed by atoms with Gasteiger partial charge >= 0.3 is 0 Å². The monoisotopic (exact) mass is 762 g/mol. The molecule has 0 aliphatic heterocycles. The van der Waals surface area contributed by atoms with Crippen molar-refractivity contribution in [2.45, 2.75) is 27.7 Å². The summed E-state index contributed by atoms with van der Waals surface area (Å²) in [4.78, 5) is 66.5. The van der Waals surface area contributed by atoms with Crippen LogP contribution in [0.3, 0.4) is 0 Å². The molecule has 0 atom stereocenters. The number of hydrogen-bond acceptors (Lipinski definition) is 14. The fourth-order valence-corrected chi connectivity index (χ4v) is 6.19. The second-order valence-corrected chi connectivity index (χ2v) is 13.2. The SMILES string of the molecule is CC(=O)NNc1nc(C)c(C(C=Cc2ccc(C=CC(=NNC(=O)c3ccncc3)c3sc(NNC(C)=O)nc3C)cc2)=NNC(=O)c2ccncc2)s1. The van der Waals surface area contributed by atoms with Crippen molar-refractivity contribution in [2.24, 2.45) is 10.2 Å². The second kappa shape index (κ2) is 18.5. The van der Waals surface area contributed by atoms with Gasteiger partial charge in [-0.25, -0.2) is 20.8 Å². The third-order valence-electron chi connectivity index (χ3n) is 6.99. The topological polar surface area (TPSA) is 217 Å². The maximum absolute atomic E-state index is 12.8. The van der Waals surface area contributed by atoms with Crippen LogP contribution in [0.2, 0.25) is 0 Å². The minimum atomic E-state index is -0.410. The number of allylic oxidation sites excluding steroid dienone is 2. The second-order valence-electron chi connectivity index (χ2n) is 11.2. The number of aryl methyl sites for hydroxylation is 2. The number of hydrogen-bond donors (Lipinski definition) is 6. The van der Waals surface area contributed by atoms with E-state index in [9.17, 15) is 19.2 Å². The molecule has 4 amide bonds. The molecule has 0 saturated carbocycles. The summed E-state index contributed by atoms with van der Waals surface area (Å²) >= 11 is 2.51. The van der Waals surface area contributed by atoms with Gasteiger partial charge in [0.05, 0.1) is 21.1 Å². The van der Waals surface area contributed by atoms with Crippen LogP contribution in [0.25, 0.3) is 12.2 Å². The highest BCUT2D eigenvalue weighted by Crippen LogP contribution is 2.25. The Morgan fingerprint density at radius 2 is 0.963 bits per heavy atom. The Bertz CT molecular complexity index is 2090. The van der Waals surface area contributed by atoms with E-state index in [2.05, 4.69) is 62.7 Å². The lowest BCUT2D eigenvalue weighted by Crippen LogP contribution is -2.26. The molecule has 4 heterocycles. The summed E-state index contributed by atoms with van der Waals surface area (Å²) < 4.78 is 0. The van der Waals surface area contributed by atoms with E-state index in [1.807, 2.05) is 36.4 Å². The molecule has 5 aromatic rings. The summed E-state index contributed by atoms with van der Waals surface area (Å²) in [6, 6.07) is 13.9. The summed E-state index contributed by atoms with van der Waals surface area (Å²) in [5.41, 5.74) is 20.4. The van der Waals surface area contributed by atoms with Crippen LogP contribution in [0.5, 0.6) is 0 Å². The van der Waals surface area contributed by atoms with Gasteiger partial charge in [-0.1, -0.05) is 59.1 Å². The maximum atomic E-state index is 12.8. The van der Waals surface area contributed by atoms with E-state index >= 15 is 0 Å². The van der Waals surface area contributed by atoms with Gasteiger partial charge in [0, 0.05) is 49.8 Å². The average molecular weight is 763 g/mol. The van der Waals surface area contributed by atoms with Gasteiger partial charge in [-0.05, 0) is 61.4 Å². The first kappa shape index (κ1) is 38.3. The molecule has 4 aromatic heterocycles. The Labute approximate surface area is 317 Å². The largest absolute Gasteiger partial charge is 0.274 e. The highest BCUT2D eigenvalue weighted by Gasteiger charge is 2.15. The molecule has 5 rings (SSSR count). The first-order valence-corrected chi connectivity index (χ1v) is 17.7. The molecule has 6 N–H and O–H groups in total. The van der Waals surface area contributed by atoms with Crippen molar-refractivity contribution in [1.82, 2.24) is 41.6 Å². The van der Waals surface area contributed by atoms with Crippen molar-refractivity contribution in [2.75, 3.05) is 10.9 Å². The van der Waals surface area contributed by atoms with Crippen LogP contribution in [-0.4, -0.2) is 55.0 Å². The first-order valence-electron chi connectivity index (χ1n) is 16.1. The van der Waals surface area contributed by atoms with E-state index < -0.39 is 11.8 Å². The predicted molar refractivity (Wildman–Crippen MR) is 210 cm³/mol. The minimum Gasteiger partial charge on any atom is -0.274 e. The molecule has 0 bridgehead atoms. The fraction of sp³-hybridized carbons (Fsp3) is 0.111. The van der Waals surface area contributed by atoms with E-state index in [0.717, 1.165) is 11.1 Å². The quantitative estimate of drug-likeness (QED) is 0.0681. The summed E-state index contributed by atoms with van der Waals surface area (Å²) in [5, 5.41) is 9.71. The number of amides is 4. The number of aromatic nitrogens is 4. The molecule has 0 aliphatic carbocycles. The number of carbonyl (C=O) groups excluding carboxylic acids is 4. The Morgan fingerprint density at radius 3 is 1.31 bits per heavy atom. The van der Waals surface area contributed by atoms with E-state index in [4.69, 9.17) is 0 Å². The Kier molecular flexibility index (Phi) is 13.2. The first-order chi connectivity index (χ1) is 26.0. The van der Waals surface area contributed by atoms with Crippen molar-refractivity contribution >= 4 is 80.1 Å². The van der Waals surface area contributed by atoms with Gasteiger partial charge in [0.15, 0.2) is 0 Å². The van der Waals surface area contributed by atoms with Crippen molar-refractivity contribution in [3.8, 4) is 0 Å². The number of hydrazine groups is 2. The van der Waals surface area contributed by atoms with E-state index in [0.29, 0.717) is 54.0 Å². The minimum absolute atomic E-state index is 0.277. The zero-order valence-corrected chi connectivity index (χ0v) is 31.0. The van der Waals surface area contributed by atoms with Gasteiger partial charge in [-0.3, -0.25) is 50.8 Å². The smallest absolute Gasteiger partial charge is 0.271 e. The van der Waals surface area contributed by atoms with E-state index in [1.165, 1.54) is 61.3 Å². The van der Waals surface area contributed by atoms with Crippen LogP contribution >= 0.6 is 22.7 Å². The average Bonchev–Trinajstić information content (AvgIpc) is 3.74.